The lowest BCUT2D eigenvalue weighted by molar-refractivity contribution is 0.621. The van der Waals surface area contributed by atoms with Gasteiger partial charge >= 0.3 is 0 Å². The summed E-state index contributed by atoms with van der Waals surface area (Å²) >= 11 is 5.56. The van der Waals surface area contributed by atoms with Gasteiger partial charge in [-0.05, 0) is 18.2 Å². The van der Waals surface area contributed by atoms with Gasteiger partial charge in [-0.3, -0.25) is 4.98 Å². The Balaban J connectivity index is 2.54. The van der Waals surface area contributed by atoms with Crippen LogP contribution in [0.4, 0.5) is 8.78 Å². The van der Waals surface area contributed by atoms with Crippen LogP contribution in [-0.2, 0) is 0 Å². The second-order valence-electron chi connectivity index (χ2n) is 2.99. The average molecular weight is 226 g/mol. The van der Waals surface area contributed by atoms with E-state index in [2.05, 4.69) is 4.98 Å². The first kappa shape index (κ1) is 10.1. The SMILES string of the molecule is Fc1cccc(-c2ncc(Cl)cc2F)c1. The third-order valence-electron chi connectivity index (χ3n) is 1.91. The molecule has 0 unspecified atom stereocenters. The number of benzene rings is 1. The summed E-state index contributed by atoms with van der Waals surface area (Å²) in [6, 6.07) is 6.74. The third kappa shape index (κ3) is 2.13. The van der Waals surface area contributed by atoms with Crippen LogP contribution in [0.5, 0.6) is 0 Å². The van der Waals surface area contributed by atoms with Gasteiger partial charge in [-0.25, -0.2) is 8.78 Å². The van der Waals surface area contributed by atoms with Crippen molar-refractivity contribution in [2.45, 2.75) is 0 Å². The molecule has 2 rings (SSSR count). The Kier molecular flexibility index (Phi) is 2.64. The van der Waals surface area contributed by atoms with Gasteiger partial charge in [-0.15, -0.1) is 0 Å². The summed E-state index contributed by atoms with van der Waals surface area (Å²) in [4.78, 5) is 3.82. The van der Waals surface area contributed by atoms with Crippen LogP contribution in [0, 0.1) is 11.6 Å². The van der Waals surface area contributed by atoms with Crippen LogP contribution < -0.4 is 0 Å². The zero-order chi connectivity index (χ0) is 10.8. The van der Waals surface area contributed by atoms with Crippen LogP contribution in [0.1, 0.15) is 0 Å². The van der Waals surface area contributed by atoms with Crippen molar-refractivity contribution in [3.05, 3.63) is 53.2 Å². The normalized spacial score (nSPS) is 10.3. The summed E-state index contributed by atoms with van der Waals surface area (Å²) in [7, 11) is 0. The highest BCUT2D eigenvalue weighted by molar-refractivity contribution is 6.30. The number of pyridine rings is 1. The second-order valence-corrected chi connectivity index (χ2v) is 3.43. The molecule has 0 saturated heterocycles. The molecule has 0 saturated carbocycles. The van der Waals surface area contributed by atoms with Gasteiger partial charge in [-0.2, -0.15) is 0 Å². The quantitative estimate of drug-likeness (QED) is 0.722. The molecule has 0 aliphatic carbocycles. The minimum Gasteiger partial charge on any atom is -0.252 e. The van der Waals surface area contributed by atoms with E-state index in [-0.39, 0.29) is 10.7 Å². The van der Waals surface area contributed by atoms with Crippen molar-refractivity contribution in [3.8, 4) is 11.3 Å². The number of nitrogens with zero attached hydrogens (tertiary/aromatic N) is 1. The Labute approximate surface area is 90.3 Å². The monoisotopic (exact) mass is 225 g/mol. The fourth-order valence-electron chi connectivity index (χ4n) is 1.26. The number of rotatable bonds is 1. The first-order valence-electron chi connectivity index (χ1n) is 4.24. The molecule has 1 aromatic carbocycles. The molecule has 0 radical (unpaired) electrons. The standard InChI is InChI=1S/C11H6ClF2N/c12-8-5-10(14)11(15-6-8)7-2-1-3-9(13)4-7/h1-6H. The van der Waals surface area contributed by atoms with E-state index >= 15 is 0 Å². The molecule has 0 aliphatic heterocycles. The van der Waals surface area contributed by atoms with E-state index in [0.29, 0.717) is 5.56 Å². The van der Waals surface area contributed by atoms with E-state index in [1.54, 1.807) is 6.07 Å². The summed E-state index contributed by atoms with van der Waals surface area (Å²) in [5.41, 5.74) is 0.489. The molecule has 0 aliphatic rings. The van der Waals surface area contributed by atoms with E-state index in [1.807, 2.05) is 0 Å². The maximum atomic E-state index is 13.4. The molecule has 76 valence electrons. The molecule has 0 N–H and O–H groups in total. The van der Waals surface area contributed by atoms with E-state index in [0.717, 1.165) is 6.07 Å². The van der Waals surface area contributed by atoms with Crippen molar-refractivity contribution >= 4 is 11.6 Å². The van der Waals surface area contributed by atoms with Crippen molar-refractivity contribution < 1.29 is 8.78 Å². The second kappa shape index (κ2) is 3.95. The zero-order valence-corrected chi connectivity index (χ0v) is 8.30. The van der Waals surface area contributed by atoms with Crippen LogP contribution >= 0.6 is 11.6 Å². The Morgan fingerprint density at radius 2 is 1.93 bits per heavy atom. The van der Waals surface area contributed by atoms with Crippen molar-refractivity contribution in [1.29, 1.82) is 0 Å². The topological polar surface area (TPSA) is 12.9 Å². The number of hydrogen-bond donors (Lipinski definition) is 0. The van der Waals surface area contributed by atoms with Gasteiger partial charge in [0.05, 0.1) is 5.02 Å². The van der Waals surface area contributed by atoms with Gasteiger partial charge in [0, 0.05) is 11.8 Å². The molecule has 0 atom stereocenters. The first-order chi connectivity index (χ1) is 7.16. The first-order valence-corrected chi connectivity index (χ1v) is 4.61. The number of aromatic nitrogens is 1. The predicted octanol–water partition coefficient (Wildman–Crippen LogP) is 3.68. The van der Waals surface area contributed by atoms with Crippen molar-refractivity contribution in [1.82, 2.24) is 4.98 Å². The molecule has 1 aromatic heterocycles. The van der Waals surface area contributed by atoms with E-state index in [9.17, 15) is 8.78 Å². The molecule has 0 bridgehead atoms. The highest BCUT2D eigenvalue weighted by Gasteiger charge is 2.07. The smallest absolute Gasteiger partial charge is 0.150 e. The van der Waals surface area contributed by atoms with Gasteiger partial charge < -0.3 is 0 Å². The minimum absolute atomic E-state index is 0.0962. The summed E-state index contributed by atoms with van der Waals surface area (Å²) in [5.74, 6) is -0.989. The summed E-state index contributed by atoms with van der Waals surface area (Å²) < 4.78 is 26.3. The van der Waals surface area contributed by atoms with Crippen LogP contribution in [0.3, 0.4) is 0 Å². The van der Waals surface area contributed by atoms with Crippen LogP contribution in [0.2, 0.25) is 5.02 Å². The molecule has 0 fully saturated rings. The van der Waals surface area contributed by atoms with Crippen molar-refractivity contribution in [2.75, 3.05) is 0 Å². The Hall–Kier alpha value is -1.48. The maximum Gasteiger partial charge on any atom is 0.150 e. The number of hydrogen-bond acceptors (Lipinski definition) is 1. The van der Waals surface area contributed by atoms with Crippen LogP contribution in [-0.4, -0.2) is 4.98 Å². The molecule has 4 heteroatoms. The van der Waals surface area contributed by atoms with Crippen molar-refractivity contribution in [2.24, 2.45) is 0 Å². The van der Waals surface area contributed by atoms with Crippen LogP contribution in [0.15, 0.2) is 36.5 Å². The van der Waals surface area contributed by atoms with Gasteiger partial charge in [0.1, 0.15) is 11.5 Å². The van der Waals surface area contributed by atoms with E-state index in [1.165, 1.54) is 24.4 Å². The van der Waals surface area contributed by atoms with E-state index < -0.39 is 11.6 Å². The van der Waals surface area contributed by atoms with E-state index in [4.69, 9.17) is 11.6 Å². The Bertz CT molecular complexity index is 500. The van der Waals surface area contributed by atoms with Crippen LogP contribution in [0.25, 0.3) is 11.3 Å². The fourth-order valence-corrected chi connectivity index (χ4v) is 1.41. The minimum atomic E-state index is -0.562. The Morgan fingerprint density at radius 3 is 2.60 bits per heavy atom. The molecule has 2 aromatic rings. The molecule has 15 heavy (non-hydrogen) atoms. The summed E-state index contributed by atoms with van der Waals surface area (Å²) in [5, 5.41) is 0.215. The largest absolute Gasteiger partial charge is 0.252 e. The zero-order valence-electron chi connectivity index (χ0n) is 7.55. The maximum absolute atomic E-state index is 13.4. The van der Waals surface area contributed by atoms with Gasteiger partial charge in [0.15, 0.2) is 5.82 Å². The highest BCUT2D eigenvalue weighted by Crippen LogP contribution is 2.22. The lowest BCUT2D eigenvalue weighted by atomic mass is 10.1. The average Bonchev–Trinajstić information content (AvgIpc) is 2.17. The molecule has 0 amide bonds. The third-order valence-corrected chi connectivity index (χ3v) is 2.11. The van der Waals surface area contributed by atoms with Gasteiger partial charge in [0.25, 0.3) is 0 Å². The van der Waals surface area contributed by atoms with Gasteiger partial charge in [0.2, 0.25) is 0 Å². The molecule has 1 nitrogen and oxygen atoms in total. The molecular formula is C11H6ClF2N. The van der Waals surface area contributed by atoms with Crippen molar-refractivity contribution in [3.63, 3.8) is 0 Å². The Morgan fingerprint density at radius 1 is 1.13 bits per heavy atom. The lowest BCUT2D eigenvalue weighted by Gasteiger charge is -2.02. The molecule has 1 heterocycles. The highest BCUT2D eigenvalue weighted by atomic mass is 35.5. The summed E-state index contributed by atoms with van der Waals surface area (Å²) in [6.45, 7) is 0. The lowest BCUT2D eigenvalue weighted by Crippen LogP contribution is -1.89. The van der Waals surface area contributed by atoms with Gasteiger partial charge in [-0.1, -0.05) is 23.7 Å². The number of halogens is 3. The molecule has 0 spiro atoms. The fraction of sp³-hybridized carbons (Fsp3) is 0. The molecular weight excluding hydrogens is 220 g/mol. The predicted molar refractivity (Wildman–Crippen MR) is 54.6 cm³/mol. The summed E-state index contributed by atoms with van der Waals surface area (Å²) in [6.07, 6.45) is 1.32.